The van der Waals surface area contributed by atoms with Crippen LogP contribution in [0, 0.1) is 5.92 Å². The van der Waals surface area contributed by atoms with Crippen LogP contribution in [-0.2, 0) is 9.59 Å². The van der Waals surface area contributed by atoms with E-state index in [2.05, 4.69) is 20.8 Å². The van der Waals surface area contributed by atoms with Crippen LogP contribution in [0.4, 0.5) is 0 Å². The third kappa shape index (κ3) is 10.5. The summed E-state index contributed by atoms with van der Waals surface area (Å²) in [6.45, 7) is 6.48. The molecule has 0 aromatic heterocycles. The zero-order valence-electron chi connectivity index (χ0n) is 18.0. The first-order valence-electron chi connectivity index (χ1n) is 11.1. The smallest absolute Gasteiger partial charge is 0.311 e. The van der Waals surface area contributed by atoms with Crippen molar-refractivity contribution in [1.82, 2.24) is 0 Å². The van der Waals surface area contributed by atoms with Crippen molar-refractivity contribution < 1.29 is 19.1 Å². The zero-order valence-corrected chi connectivity index (χ0v) is 18.0. The minimum Gasteiger partial charge on any atom is -0.423 e. The van der Waals surface area contributed by atoms with E-state index in [1.807, 2.05) is 0 Å². The molecule has 0 heterocycles. The Hall–Kier alpha value is -1.84. The molecule has 0 aliphatic carbocycles. The second kappa shape index (κ2) is 15.1. The summed E-state index contributed by atoms with van der Waals surface area (Å²) in [5, 5.41) is 0. The number of rotatable bonds is 15. The SMILES string of the molecule is CCCCCCCCCC(=O)Oc1ccccc1OC(=O)CCC(CC)CC. The number of hydrogen-bond acceptors (Lipinski definition) is 4. The largest absolute Gasteiger partial charge is 0.423 e. The Labute approximate surface area is 171 Å². The molecule has 4 nitrogen and oxygen atoms in total. The fraction of sp³-hybridized carbons (Fsp3) is 0.667. The highest BCUT2D eigenvalue weighted by molar-refractivity contribution is 5.76. The molecule has 1 aromatic rings. The van der Waals surface area contributed by atoms with Crippen molar-refractivity contribution in [2.75, 3.05) is 0 Å². The van der Waals surface area contributed by atoms with Crippen LogP contribution in [-0.4, -0.2) is 11.9 Å². The molecule has 0 radical (unpaired) electrons. The van der Waals surface area contributed by atoms with Crippen molar-refractivity contribution in [2.45, 2.75) is 97.8 Å². The average Bonchev–Trinajstić information content (AvgIpc) is 2.69. The summed E-state index contributed by atoms with van der Waals surface area (Å²) in [7, 11) is 0. The topological polar surface area (TPSA) is 52.6 Å². The van der Waals surface area contributed by atoms with Crippen LogP contribution in [0.25, 0.3) is 0 Å². The van der Waals surface area contributed by atoms with Gasteiger partial charge in [-0.25, -0.2) is 0 Å². The van der Waals surface area contributed by atoms with Gasteiger partial charge in [-0.2, -0.15) is 0 Å². The summed E-state index contributed by atoms with van der Waals surface area (Å²) >= 11 is 0. The van der Waals surface area contributed by atoms with Gasteiger partial charge in [0.15, 0.2) is 11.5 Å². The van der Waals surface area contributed by atoms with Crippen LogP contribution in [0.1, 0.15) is 97.8 Å². The van der Waals surface area contributed by atoms with E-state index in [0.717, 1.165) is 38.5 Å². The van der Waals surface area contributed by atoms with Crippen molar-refractivity contribution in [3.63, 3.8) is 0 Å². The van der Waals surface area contributed by atoms with E-state index in [-0.39, 0.29) is 11.9 Å². The summed E-state index contributed by atoms with van der Waals surface area (Å²) in [4.78, 5) is 24.3. The van der Waals surface area contributed by atoms with E-state index in [1.54, 1.807) is 24.3 Å². The molecule has 0 atom stereocenters. The number of ether oxygens (including phenoxy) is 2. The molecule has 0 spiro atoms. The summed E-state index contributed by atoms with van der Waals surface area (Å²) in [6, 6.07) is 6.90. The highest BCUT2D eigenvalue weighted by Gasteiger charge is 2.14. The molecule has 1 rings (SSSR count). The Morgan fingerprint density at radius 2 is 1.25 bits per heavy atom. The standard InChI is InChI=1S/C24H38O4/c1-4-7-8-9-10-11-12-17-23(25)27-21-15-13-14-16-22(21)28-24(26)19-18-20(5-2)6-3/h13-16,20H,4-12,17-19H2,1-3H3. The fourth-order valence-electron chi connectivity index (χ4n) is 3.21. The van der Waals surface area contributed by atoms with Crippen molar-refractivity contribution >= 4 is 11.9 Å². The first-order chi connectivity index (χ1) is 13.6. The minimum absolute atomic E-state index is 0.269. The molecule has 0 amide bonds. The van der Waals surface area contributed by atoms with Crippen LogP contribution in [0.2, 0.25) is 0 Å². The average molecular weight is 391 g/mol. The Morgan fingerprint density at radius 3 is 1.79 bits per heavy atom. The van der Waals surface area contributed by atoms with E-state index in [1.165, 1.54) is 25.7 Å². The number of para-hydroxylation sites is 2. The molecule has 0 aliphatic rings. The van der Waals surface area contributed by atoms with E-state index in [4.69, 9.17) is 9.47 Å². The van der Waals surface area contributed by atoms with Gasteiger partial charge >= 0.3 is 11.9 Å². The lowest BCUT2D eigenvalue weighted by Crippen LogP contribution is -2.13. The predicted molar refractivity (Wildman–Crippen MR) is 114 cm³/mol. The molecule has 0 unspecified atom stereocenters. The molecular formula is C24H38O4. The van der Waals surface area contributed by atoms with Crippen molar-refractivity contribution in [2.24, 2.45) is 5.92 Å². The van der Waals surface area contributed by atoms with Gasteiger partial charge in [0.2, 0.25) is 0 Å². The van der Waals surface area contributed by atoms with Gasteiger partial charge in [0, 0.05) is 12.8 Å². The molecule has 0 saturated heterocycles. The van der Waals surface area contributed by atoms with E-state index in [9.17, 15) is 9.59 Å². The highest BCUT2D eigenvalue weighted by atomic mass is 16.6. The summed E-state index contributed by atoms with van der Waals surface area (Å²) in [6.07, 6.45) is 11.8. The normalized spacial score (nSPS) is 10.9. The molecule has 0 aliphatic heterocycles. The summed E-state index contributed by atoms with van der Waals surface area (Å²) in [5.74, 6) is 0.649. The number of esters is 2. The second-order valence-electron chi connectivity index (χ2n) is 7.49. The highest BCUT2D eigenvalue weighted by Crippen LogP contribution is 2.28. The lowest BCUT2D eigenvalue weighted by Gasteiger charge is -2.13. The second-order valence-corrected chi connectivity index (χ2v) is 7.49. The molecule has 0 bridgehead atoms. The number of unbranched alkanes of at least 4 members (excludes halogenated alkanes) is 6. The van der Waals surface area contributed by atoms with Gasteiger partial charge in [0.05, 0.1) is 0 Å². The third-order valence-corrected chi connectivity index (χ3v) is 5.19. The molecule has 0 fully saturated rings. The predicted octanol–water partition coefficient (Wildman–Crippen LogP) is 6.85. The Kier molecular flexibility index (Phi) is 13.1. The number of benzene rings is 1. The van der Waals surface area contributed by atoms with Gasteiger partial charge in [-0.3, -0.25) is 9.59 Å². The minimum atomic E-state index is -0.275. The maximum Gasteiger partial charge on any atom is 0.311 e. The molecule has 0 N–H and O–H groups in total. The third-order valence-electron chi connectivity index (χ3n) is 5.19. The van der Waals surface area contributed by atoms with Crippen LogP contribution in [0.5, 0.6) is 11.5 Å². The van der Waals surface area contributed by atoms with E-state index in [0.29, 0.717) is 30.3 Å². The van der Waals surface area contributed by atoms with Crippen molar-refractivity contribution in [3.8, 4) is 11.5 Å². The van der Waals surface area contributed by atoms with Crippen LogP contribution in [0.3, 0.4) is 0 Å². The van der Waals surface area contributed by atoms with Crippen LogP contribution in [0.15, 0.2) is 24.3 Å². The maximum atomic E-state index is 12.1. The van der Waals surface area contributed by atoms with Gasteiger partial charge in [-0.1, -0.05) is 84.3 Å². The summed E-state index contributed by atoms with van der Waals surface area (Å²) in [5.41, 5.74) is 0. The van der Waals surface area contributed by atoms with Gasteiger partial charge in [-0.05, 0) is 30.9 Å². The Bertz CT molecular complexity index is 563. The molecule has 4 heteroatoms. The molecule has 158 valence electrons. The first-order valence-corrected chi connectivity index (χ1v) is 11.1. The van der Waals surface area contributed by atoms with Crippen LogP contribution >= 0.6 is 0 Å². The molecule has 1 aromatic carbocycles. The van der Waals surface area contributed by atoms with Crippen LogP contribution < -0.4 is 9.47 Å². The first kappa shape index (κ1) is 24.2. The van der Waals surface area contributed by atoms with Gasteiger partial charge in [0.1, 0.15) is 0 Å². The zero-order chi connectivity index (χ0) is 20.6. The molecule has 28 heavy (non-hydrogen) atoms. The lowest BCUT2D eigenvalue weighted by atomic mass is 9.98. The quantitative estimate of drug-likeness (QED) is 0.187. The van der Waals surface area contributed by atoms with Gasteiger partial charge in [-0.15, -0.1) is 0 Å². The lowest BCUT2D eigenvalue weighted by molar-refractivity contribution is -0.137. The Balaban J connectivity index is 2.39. The number of carbonyl (C=O) groups is 2. The Morgan fingerprint density at radius 1 is 0.750 bits per heavy atom. The van der Waals surface area contributed by atoms with E-state index < -0.39 is 0 Å². The molecular weight excluding hydrogens is 352 g/mol. The fourth-order valence-corrected chi connectivity index (χ4v) is 3.21. The van der Waals surface area contributed by atoms with E-state index >= 15 is 0 Å². The van der Waals surface area contributed by atoms with Crippen molar-refractivity contribution in [1.29, 1.82) is 0 Å². The molecule has 0 saturated carbocycles. The number of hydrogen-bond donors (Lipinski definition) is 0. The summed E-state index contributed by atoms with van der Waals surface area (Å²) < 4.78 is 10.9. The van der Waals surface area contributed by atoms with Crippen molar-refractivity contribution in [3.05, 3.63) is 24.3 Å². The monoisotopic (exact) mass is 390 g/mol. The number of carbonyl (C=O) groups excluding carboxylic acids is 2. The van der Waals surface area contributed by atoms with Gasteiger partial charge < -0.3 is 9.47 Å². The maximum absolute atomic E-state index is 12.1. The van der Waals surface area contributed by atoms with Gasteiger partial charge in [0.25, 0.3) is 0 Å².